The van der Waals surface area contributed by atoms with Gasteiger partial charge in [0.25, 0.3) is 5.91 Å². The summed E-state index contributed by atoms with van der Waals surface area (Å²) in [6.07, 6.45) is 1.71. The lowest BCUT2D eigenvalue weighted by atomic mass is 10.1. The lowest BCUT2D eigenvalue weighted by Gasteiger charge is -2.05. The second-order valence-electron chi connectivity index (χ2n) is 4.93. The van der Waals surface area contributed by atoms with E-state index in [1.807, 2.05) is 38.1 Å². The quantitative estimate of drug-likeness (QED) is 0.804. The Hall–Kier alpha value is -2.34. The van der Waals surface area contributed by atoms with Crippen LogP contribution in [-0.4, -0.2) is 21.1 Å². The number of nitrogens with zero attached hydrogens (tertiary/aromatic N) is 3. The van der Waals surface area contributed by atoms with Gasteiger partial charge in [-0.05, 0) is 18.2 Å². The molecule has 1 amide bonds. The molecule has 0 radical (unpaired) electrons. The summed E-state index contributed by atoms with van der Waals surface area (Å²) in [6.45, 7) is 4.09. The minimum absolute atomic E-state index is 0.194. The standard InChI is InChI=1S/C15H14N4OS/c1-9(2)14-18-19-15(21-14)17-13(20)11-5-3-7-12-10(11)6-4-8-16-12/h3-9H,1-2H3,(H,17,19,20). The largest absolute Gasteiger partial charge is 0.296 e. The number of carbonyl (C=O) groups is 1. The van der Waals surface area contributed by atoms with E-state index in [1.165, 1.54) is 11.3 Å². The molecule has 106 valence electrons. The van der Waals surface area contributed by atoms with E-state index in [4.69, 9.17) is 0 Å². The molecule has 5 nitrogen and oxygen atoms in total. The molecule has 2 aromatic heterocycles. The summed E-state index contributed by atoms with van der Waals surface area (Å²) in [5.74, 6) is 0.106. The van der Waals surface area contributed by atoms with E-state index in [2.05, 4.69) is 20.5 Å². The minimum Gasteiger partial charge on any atom is -0.296 e. The van der Waals surface area contributed by atoms with Gasteiger partial charge >= 0.3 is 0 Å². The maximum Gasteiger partial charge on any atom is 0.258 e. The van der Waals surface area contributed by atoms with Crippen LogP contribution < -0.4 is 5.32 Å². The third-order valence-corrected chi connectivity index (χ3v) is 4.18. The van der Waals surface area contributed by atoms with E-state index in [0.717, 1.165) is 15.9 Å². The lowest BCUT2D eigenvalue weighted by molar-refractivity contribution is 0.102. The van der Waals surface area contributed by atoms with Gasteiger partial charge in [-0.3, -0.25) is 15.1 Å². The first-order chi connectivity index (χ1) is 10.1. The van der Waals surface area contributed by atoms with Gasteiger partial charge in [0.05, 0.1) is 5.52 Å². The van der Waals surface area contributed by atoms with Gasteiger partial charge in [0.15, 0.2) is 0 Å². The molecule has 0 bridgehead atoms. The average Bonchev–Trinajstić information content (AvgIpc) is 2.95. The van der Waals surface area contributed by atoms with E-state index in [1.54, 1.807) is 12.3 Å². The number of carbonyl (C=O) groups excluding carboxylic acids is 1. The Bertz CT molecular complexity index is 792. The van der Waals surface area contributed by atoms with Crippen molar-refractivity contribution in [2.75, 3.05) is 5.32 Å². The highest BCUT2D eigenvalue weighted by Gasteiger charge is 2.14. The number of fused-ring (bicyclic) bond motifs is 1. The fourth-order valence-electron chi connectivity index (χ4n) is 1.98. The summed E-state index contributed by atoms with van der Waals surface area (Å²) in [5, 5.41) is 13.1. The molecule has 0 saturated heterocycles. The van der Waals surface area contributed by atoms with Crippen molar-refractivity contribution < 1.29 is 4.79 Å². The molecular weight excluding hydrogens is 284 g/mol. The van der Waals surface area contributed by atoms with Crippen LogP contribution in [0.5, 0.6) is 0 Å². The second kappa shape index (κ2) is 5.57. The number of benzene rings is 1. The summed E-state index contributed by atoms with van der Waals surface area (Å²) in [4.78, 5) is 16.7. The maximum atomic E-state index is 12.4. The molecule has 0 aliphatic heterocycles. The molecule has 0 unspecified atom stereocenters. The third kappa shape index (κ3) is 2.75. The fraction of sp³-hybridized carbons (Fsp3) is 0.200. The van der Waals surface area contributed by atoms with E-state index in [-0.39, 0.29) is 5.91 Å². The lowest BCUT2D eigenvalue weighted by Crippen LogP contribution is -2.12. The second-order valence-corrected chi connectivity index (χ2v) is 5.94. The zero-order valence-electron chi connectivity index (χ0n) is 11.7. The van der Waals surface area contributed by atoms with Gasteiger partial charge in [-0.1, -0.05) is 37.3 Å². The fourth-order valence-corrected chi connectivity index (χ4v) is 2.73. The van der Waals surface area contributed by atoms with Crippen molar-refractivity contribution in [2.24, 2.45) is 0 Å². The number of rotatable bonds is 3. The smallest absolute Gasteiger partial charge is 0.258 e. The molecule has 0 saturated carbocycles. The highest BCUT2D eigenvalue weighted by atomic mass is 32.1. The molecule has 0 spiro atoms. The van der Waals surface area contributed by atoms with Crippen LogP contribution in [0.4, 0.5) is 5.13 Å². The van der Waals surface area contributed by atoms with E-state index in [9.17, 15) is 4.79 Å². The van der Waals surface area contributed by atoms with Crippen LogP contribution >= 0.6 is 11.3 Å². The number of anilines is 1. The predicted octanol–water partition coefficient (Wildman–Crippen LogP) is 3.46. The summed E-state index contributed by atoms with van der Waals surface area (Å²) in [6, 6.07) is 9.19. The first kappa shape index (κ1) is 13.6. The Kier molecular flexibility index (Phi) is 3.62. The SMILES string of the molecule is CC(C)c1nnc(NC(=O)c2cccc3ncccc23)s1. The van der Waals surface area contributed by atoms with Crippen LogP contribution in [0.25, 0.3) is 10.9 Å². The normalized spacial score (nSPS) is 11.0. The Morgan fingerprint density at radius 2 is 2.05 bits per heavy atom. The number of amides is 1. The molecule has 0 atom stereocenters. The van der Waals surface area contributed by atoms with Gasteiger partial charge in [0.1, 0.15) is 5.01 Å². The zero-order valence-corrected chi connectivity index (χ0v) is 12.5. The van der Waals surface area contributed by atoms with Gasteiger partial charge in [0, 0.05) is 23.1 Å². The minimum atomic E-state index is -0.194. The van der Waals surface area contributed by atoms with Crippen LogP contribution in [0.2, 0.25) is 0 Å². The van der Waals surface area contributed by atoms with Gasteiger partial charge in [0.2, 0.25) is 5.13 Å². The van der Waals surface area contributed by atoms with E-state index < -0.39 is 0 Å². The molecule has 3 rings (SSSR count). The monoisotopic (exact) mass is 298 g/mol. The maximum absolute atomic E-state index is 12.4. The van der Waals surface area contributed by atoms with Crippen molar-refractivity contribution in [3.8, 4) is 0 Å². The van der Waals surface area contributed by atoms with Gasteiger partial charge in [-0.25, -0.2) is 0 Å². The number of hydrogen-bond acceptors (Lipinski definition) is 5. The number of pyridine rings is 1. The predicted molar refractivity (Wildman–Crippen MR) is 83.7 cm³/mol. The van der Waals surface area contributed by atoms with Crippen LogP contribution in [0.15, 0.2) is 36.5 Å². The van der Waals surface area contributed by atoms with E-state index >= 15 is 0 Å². The molecule has 3 aromatic rings. The molecule has 2 heterocycles. The van der Waals surface area contributed by atoms with Crippen LogP contribution in [0.3, 0.4) is 0 Å². The first-order valence-corrected chi connectivity index (χ1v) is 7.45. The molecule has 21 heavy (non-hydrogen) atoms. The average molecular weight is 298 g/mol. The van der Waals surface area contributed by atoms with Crippen molar-refractivity contribution in [3.05, 3.63) is 47.1 Å². The molecule has 0 aliphatic carbocycles. The van der Waals surface area contributed by atoms with Gasteiger partial charge in [-0.15, -0.1) is 10.2 Å². The Morgan fingerprint density at radius 1 is 1.19 bits per heavy atom. The molecular formula is C15H14N4OS. The topological polar surface area (TPSA) is 67.8 Å². The molecule has 0 fully saturated rings. The van der Waals surface area contributed by atoms with Crippen LogP contribution in [0, 0.1) is 0 Å². The third-order valence-electron chi connectivity index (χ3n) is 3.05. The van der Waals surface area contributed by atoms with Crippen molar-refractivity contribution in [2.45, 2.75) is 19.8 Å². The van der Waals surface area contributed by atoms with Crippen LogP contribution in [0.1, 0.15) is 35.1 Å². The zero-order chi connectivity index (χ0) is 14.8. The Labute approximate surface area is 126 Å². The Balaban J connectivity index is 1.90. The summed E-state index contributed by atoms with van der Waals surface area (Å²) < 4.78 is 0. The van der Waals surface area contributed by atoms with Crippen molar-refractivity contribution in [3.63, 3.8) is 0 Å². The molecule has 1 aromatic carbocycles. The first-order valence-electron chi connectivity index (χ1n) is 6.63. The summed E-state index contributed by atoms with van der Waals surface area (Å²) in [7, 11) is 0. The summed E-state index contributed by atoms with van der Waals surface area (Å²) in [5.41, 5.74) is 1.38. The number of aromatic nitrogens is 3. The number of nitrogens with one attached hydrogen (secondary N) is 1. The van der Waals surface area contributed by atoms with E-state index in [0.29, 0.717) is 16.6 Å². The van der Waals surface area contributed by atoms with Crippen molar-refractivity contribution in [1.29, 1.82) is 0 Å². The van der Waals surface area contributed by atoms with Crippen molar-refractivity contribution >= 4 is 33.3 Å². The highest BCUT2D eigenvalue weighted by Crippen LogP contribution is 2.24. The molecule has 6 heteroatoms. The molecule has 0 aliphatic rings. The summed E-state index contributed by atoms with van der Waals surface area (Å²) >= 11 is 1.40. The highest BCUT2D eigenvalue weighted by molar-refractivity contribution is 7.15. The number of hydrogen-bond donors (Lipinski definition) is 1. The molecule has 1 N–H and O–H groups in total. The van der Waals surface area contributed by atoms with Crippen LogP contribution in [-0.2, 0) is 0 Å². The van der Waals surface area contributed by atoms with Gasteiger partial charge in [-0.2, -0.15) is 0 Å². The Morgan fingerprint density at radius 3 is 2.81 bits per heavy atom. The van der Waals surface area contributed by atoms with Crippen molar-refractivity contribution in [1.82, 2.24) is 15.2 Å². The van der Waals surface area contributed by atoms with Gasteiger partial charge < -0.3 is 0 Å².